The highest BCUT2D eigenvalue weighted by atomic mass is 79.9. The summed E-state index contributed by atoms with van der Waals surface area (Å²) in [5, 5.41) is 14.7. The smallest absolute Gasteiger partial charge is 0.272 e. The summed E-state index contributed by atoms with van der Waals surface area (Å²) in [6, 6.07) is 11.6. The van der Waals surface area contributed by atoms with Crippen molar-refractivity contribution in [2.24, 2.45) is 0 Å². The average molecular weight is 415 g/mol. The van der Waals surface area contributed by atoms with E-state index in [-0.39, 0.29) is 5.69 Å². The van der Waals surface area contributed by atoms with Crippen LogP contribution >= 0.6 is 15.9 Å². The van der Waals surface area contributed by atoms with Crippen molar-refractivity contribution in [3.05, 3.63) is 64.3 Å². The van der Waals surface area contributed by atoms with Crippen LogP contribution in [0.25, 0.3) is 16.6 Å². The van der Waals surface area contributed by atoms with E-state index in [1.165, 1.54) is 22.9 Å². The Hall–Kier alpha value is -3.07. The lowest BCUT2D eigenvalue weighted by Gasteiger charge is -2.08. The number of anilines is 1. The molecule has 130 valence electrons. The quantitative estimate of drug-likeness (QED) is 0.535. The van der Waals surface area contributed by atoms with Crippen molar-refractivity contribution in [3.63, 3.8) is 0 Å². The van der Waals surface area contributed by atoms with Crippen molar-refractivity contribution < 1.29 is 9.18 Å². The van der Waals surface area contributed by atoms with E-state index < -0.39 is 11.7 Å². The van der Waals surface area contributed by atoms with Gasteiger partial charge in [0.25, 0.3) is 5.91 Å². The Morgan fingerprint density at radius 1 is 1.23 bits per heavy atom. The molecule has 2 heterocycles. The highest BCUT2D eigenvalue weighted by Gasteiger charge is 2.14. The minimum atomic E-state index is -0.549. The fourth-order valence-electron chi connectivity index (χ4n) is 2.62. The number of hydrogen-bond donors (Lipinski definition) is 2. The Morgan fingerprint density at radius 2 is 2.08 bits per heavy atom. The first-order chi connectivity index (χ1) is 12.5. The number of nitrogens with one attached hydrogen (secondary N) is 2. The Morgan fingerprint density at radius 3 is 2.85 bits per heavy atom. The zero-order chi connectivity index (χ0) is 18.3. The third-order valence-corrected chi connectivity index (χ3v) is 4.39. The fourth-order valence-corrected chi connectivity index (χ4v) is 2.98. The molecule has 0 aliphatic carbocycles. The van der Waals surface area contributed by atoms with Crippen molar-refractivity contribution in [3.8, 4) is 5.69 Å². The van der Waals surface area contributed by atoms with Gasteiger partial charge in [-0.25, -0.2) is 4.39 Å². The van der Waals surface area contributed by atoms with Crippen LogP contribution in [-0.2, 0) is 0 Å². The van der Waals surface area contributed by atoms with Gasteiger partial charge >= 0.3 is 0 Å². The Labute approximate surface area is 155 Å². The number of halogens is 2. The third kappa shape index (κ3) is 2.97. The number of carbonyl (C=O) groups is 1. The largest absolute Gasteiger partial charge is 0.350 e. The van der Waals surface area contributed by atoms with Crippen LogP contribution in [0.3, 0.4) is 0 Å². The molecule has 2 N–H and O–H groups in total. The normalized spacial score (nSPS) is 11.0. The lowest BCUT2D eigenvalue weighted by molar-refractivity contribution is 0.102. The average Bonchev–Trinajstić information content (AvgIpc) is 3.22. The number of tetrazole rings is 1. The highest BCUT2D eigenvalue weighted by Crippen LogP contribution is 2.23. The van der Waals surface area contributed by atoms with Crippen LogP contribution in [0.2, 0.25) is 0 Å². The van der Waals surface area contributed by atoms with Gasteiger partial charge in [0.2, 0.25) is 0 Å². The minimum absolute atomic E-state index is 0.0437. The maximum Gasteiger partial charge on any atom is 0.272 e. The van der Waals surface area contributed by atoms with Crippen LogP contribution in [0.5, 0.6) is 0 Å². The van der Waals surface area contributed by atoms with Gasteiger partial charge in [0, 0.05) is 15.4 Å². The number of carbonyl (C=O) groups excluding carboxylic acids is 1. The van der Waals surface area contributed by atoms with E-state index in [0.29, 0.717) is 17.2 Å². The van der Waals surface area contributed by atoms with Crippen LogP contribution in [0.15, 0.2) is 46.9 Å². The van der Waals surface area contributed by atoms with Gasteiger partial charge in [-0.15, -0.1) is 5.10 Å². The molecule has 0 atom stereocenters. The first-order valence-electron chi connectivity index (χ1n) is 7.66. The van der Waals surface area contributed by atoms with Gasteiger partial charge in [-0.2, -0.15) is 4.68 Å². The molecule has 2 aromatic carbocycles. The van der Waals surface area contributed by atoms with Crippen molar-refractivity contribution in [2.75, 3.05) is 5.32 Å². The number of hydrogen-bond acceptors (Lipinski definition) is 4. The van der Waals surface area contributed by atoms with Crippen LogP contribution in [0, 0.1) is 12.7 Å². The van der Waals surface area contributed by atoms with Gasteiger partial charge < -0.3 is 10.3 Å². The zero-order valence-corrected chi connectivity index (χ0v) is 15.1. The number of H-pyrrole nitrogens is 1. The number of aryl methyl sites for hydroxylation is 1. The van der Waals surface area contributed by atoms with Crippen molar-refractivity contribution in [2.45, 2.75) is 6.92 Å². The highest BCUT2D eigenvalue weighted by molar-refractivity contribution is 9.10. The summed E-state index contributed by atoms with van der Waals surface area (Å²) in [6.07, 6.45) is 0. The second kappa shape index (κ2) is 6.34. The number of aromatic amines is 1. The van der Waals surface area contributed by atoms with Crippen LogP contribution < -0.4 is 5.32 Å². The number of amides is 1. The molecular weight excluding hydrogens is 403 g/mol. The topological polar surface area (TPSA) is 88.5 Å². The van der Waals surface area contributed by atoms with Crippen molar-refractivity contribution in [1.29, 1.82) is 0 Å². The first kappa shape index (κ1) is 16.4. The summed E-state index contributed by atoms with van der Waals surface area (Å²) in [7, 11) is 0. The lowest BCUT2D eigenvalue weighted by atomic mass is 10.2. The predicted octanol–water partition coefficient (Wildman–Crippen LogP) is 3.61. The van der Waals surface area contributed by atoms with E-state index in [4.69, 9.17) is 0 Å². The van der Waals surface area contributed by atoms with E-state index in [0.717, 1.165) is 15.4 Å². The SMILES string of the molecule is Cc1nnnn1-c1ccc(F)c(NC(=O)c2cc3ccc(Br)cc3[nH]2)c1. The zero-order valence-electron chi connectivity index (χ0n) is 13.5. The predicted molar refractivity (Wildman–Crippen MR) is 97.8 cm³/mol. The van der Waals surface area contributed by atoms with Gasteiger partial charge in [-0.1, -0.05) is 22.0 Å². The van der Waals surface area contributed by atoms with Crippen molar-refractivity contribution in [1.82, 2.24) is 25.2 Å². The monoisotopic (exact) mass is 414 g/mol. The maximum absolute atomic E-state index is 14.2. The molecule has 0 fully saturated rings. The van der Waals surface area contributed by atoms with E-state index in [9.17, 15) is 9.18 Å². The Bertz CT molecular complexity index is 1140. The first-order valence-corrected chi connectivity index (χ1v) is 8.45. The number of benzene rings is 2. The summed E-state index contributed by atoms with van der Waals surface area (Å²) < 4.78 is 16.5. The molecule has 0 aliphatic rings. The molecule has 2 aromatic heterocycles. The molecule has 0 saturated carbocycles. The number of aromatic nitrogens is 5. The molecule has 1 amide bonds. The third-order valence-electron chi connectivity index (χ3n) is 3.90. The molecule has 0 aliphatic heterocycles. The van der Waals surface area contributed by atoms with E-state index >= 15 is 0 Å². The number of rotatable bonds is 3. The molecule has 7 nitrogen and oxygen atoms in total. The molecule has 0 unspecified atom stereocenters. The van der Waals surface area contributed by atoms with E-state index in [1.807, 2.05) is 18.2 Å². The number of fused-ring (bicyclic) bond motifs is 1. The van der Waals surface area contributed by atoms with Crippen LogP contribution in [0.1, 0.15) is 16.3 Å². The van der Waals surface area contributed by atoms with Gasteiger partial charge in [0.15, 0.2) is 5.82 Å². The molecule has 4 rings (SSSR count). The molecule has 0 radical (unpaired) electrons. The van der Waals surface area contributed by atoms with Crippen LogP contribution in [-0.4, -0.2) is 31.1 Å². The summed E-state index contributed by atoms with van der Waals surface area (Å²) in [5.41, 5.74) is 1.73. The van der Waals surface area contributed by atoms with E-state index in [2.05, 4.69) is 41.8 Å². The van der Waals surface area contributed by atoms with Gasteiger partial charge in [-0.3, -0.25) is 4.79 Å². The molecule has 0 spiro atoms. The summed E-state index contributed by atoms with van der Waals surface area (Å²) in [5.74, 6) is -0.441. The molecule has 9 heteroatoms. The second-order valence-electron chi connectivity index (χ2n) is 5.67. The molecule has 0 bridgehead atoms. The fraction of sp³-hybridized carbons (Fsp3) is 0.0588. The molecule has 4 aromatic rings. The van der Waals surface area contributed by atoms with Crippen molar-refractivity contribution >= 4 is 38.4 Å². The summed E-state index contributed by atoms with van der Waals surface area (Å²) in [4.78, 5) is 15.5. The minimum Gasteiger partial charge on any atom is -0.350 e. The Kier molecular flexibility index (Phi) is 4.00. The Balaban J connectivity index is 1.65. The van der Waals surface area contributed by atoms with Gasteiger partial charge in [0.05, 0.1) is 11.4 Å². The molecule has 0 saturated heterocycles. The summed E-state index contributed by atoms with van der Waals surface area (Å²) in [6.45, 7) is 1.73. The maximum atomic E-state index is 14.2. The molecule has 26 heavy (non-hydrogen) atoms. The van der Waals surface area contributed by atoms with E-state index in [1.54, 1.807) is 13.0 Å². The molecular formula is C17H12BrFN6O. The second-order valence-corrected chi connectivity index (χ2v) is 6.59. The lowest BCUT2D eigenvalue weighted by Crippen LogP contribution is -2.14. The van der Waals surface area contributed by atoms with Gasteiger partial charge in [0.1, 0.15) is 11.5 Å². The number of nitrogens with zero attached hydrogens (tertiary/aromatic N) is 4. The van der Waals surface area contributed by atoms with Crippen LogP contribution in [0.4, 0.5) is 10.1 Å². The standard InChI is InChI=1S/C17H12BrFN6O/c1-9-22-23-24-25(9)12-4-5-13(19)15(8-12)21-17(26)16-6-10-2-3-11(18)7-14(10)20-16/h2-8,20H,1H3,(H,21,26). The van der Waals surface area contributed by atoms with Gasteiger partial charge in [-0.05, 0) is 53.7 Å². The summed E-state index contributed by atoms with van der Waals surface area (Å²) >= 11 is 3.39.